The number of fused-ring (bicyclic) bond motifs is 2. The molecular formula is C44H56ClN5O10S2. The van der Waals surface area contributed by atoms with E-state index in [0.29, 0.717) is 27.8 Å². The lowest BCUT2D eigenvalue weighted by atomic mass is 9.98. The first-order valence-electron chi connectivity index (χ1n) is 19.1. The van der Waals surface area contributed by atoms with Crippen molar-refractivity contribution < 1.29 is 35.8 Å². The van der Waals surface area contributed by atoms with Gasteiger partial charge in [-0.15, -0.1) is 0 Å². The highest BCUT2D eigenvalue weighted by Gasteiger charge is 2.22. The summed E-state index contributed by atoms with van der Waals surface area (Å²) in [6.07, 6.45) is 12.0. The van der Waals surface area contributed by atoms with Gasteiger partial charge in [0.1, 0.15) is 23.0 Å². The van der Waals surface area contributed by atoms with Gasteiger partial charge in [-0.25, -0.2) is 21.1 Å². The van der Waals surface area contributed by atoms with Crippen LogP contribution >= 0.6 is 10.7 Å². The number of aryl methyl sites for hydroxylation is 2. The molecule has 4 heterocycles. The van der Waals surface area contributed by atoms with E-state index in [1.807, 2.05) is 36.5 Å². The van der Waals surface area contributed by atoms with Crippen LogP contribution in [0.15, 0.2) is 83.2 Å². The van der Waals surface area contributed by atoms with Gasteiger partial charge in [-0.1, -0.05) is 27.7 Å². The average molecular weight is 915 g/mol. The molecule has 0 unspecified atom stereocenters. The lowest BCUT2D eigenvalue weighted by Crippen LogP contribution is -2.28. The van der Waals surface area contributed by atoms with E-state index in [-0.39, 0.29) is 36.6 Å². The van der Waals surface area contributed by atoms with E-state index in [1.165, 1.54) is 37.1 Å². The van der Waals surface area contributed by atoms with Crippen molar-refractivity contribution in [2.45, 2.75) is 47.6 Å². The second-order valence-electron chi connectivity index (χ2n) is 13.7. The van der Waals surface area contributed by atoms with Crippen LogP contribution in [0, 0.1) is 0 Å². The van der Waals surface area contributed by atoms with E-state index >= 15 is 0 Å². The van der Waals surface area contributed by atoms with E-state index in [2.05, 4.69) is 27.6 Å². The van der Waals surface area contributed by atoms with Crippen molar-refractivity contribution in [3.8, 4) is 45.3 Å². The molecule has 0 saturated heterocycles. The Balaban J connectivity index is 0.000000291. The Morgan fingerprint density at radius 3 is 1.34 bits per heavy atom. The molecule has 0 radical (unpaired) electrons. The highest BCUT2D eigenvalue weighted by Crippen LogP contribution is 2.39. The Morgan fingerprint density at radius 1 is 0.645 bits per heavy atom. The highest BCUT2D eigenvalue weighted by molar-refractivity contribution is 8.13. The maximum absolute atomic E-state index is 12.5. The SMILES string of the molecule is C.CCCc1c(OC)cc(-c2cn(C)c(=O)c3cnccc23)cc1OC.CCS(=O)(=O)Cl.CCS(=O)(=O)N(C)Cc1c(OC)cc(-c2cn(C)c(=O)c3cnccc23)cc1OC. The van der Waals surface area contributed by atoms with Crippen LogP contribution in [-0.2, 0) is 46.1 Å². The predicted octanol–water partition coefficient (Wildman–Crippen LogP) is 7.18. The number of benzene rings is 2. The van der Waals surface area contributed by atoms with E-state index < -0.39 is 19.1 Å². The number of hydrogen-bond donors (Lipinski definition) is 0. The van der Waals surface area contributed by atoms with Crippen LogP contribution in [0.4, 0.5) is 0 Å². The standard InChI is InChI=1S/C21H25N3O5S.C20H22N2O3.C2H5ClO2S.CH4/c1-6-30(26,27)24(3)13-18-19(28-4)9-14(10-20(18)29-5)17-12-23(2)21(25)16-11-22-8-7-15(16)17;1-5-6-15-18(24-3)9-13(10-19(15)25-4)17-12-22(2)20(23)16-11-21-8-7-14(16)17;1-2-6(3,4)5;/h7-12H,6,13H2,1-5H3;7-12H,5-6H2,1-4H3;2H2,1H3;1H4. The number of nitrogens with zero attached hydrogens (tertiary/aromatic N) is 5. The summed E-state index contributed by atoms with van der Waals surface area (Å²) in [7, 11) is 9.48. The summed E-state index contributed by atoms with van der Waals surface area (Å²) in [5, 5.41) is 2.73. The van der Waals surface area contributed by atoms with E-state index in [9.17, 15) is 26.4 Å². The molecule has 0 atom stereocenters. The van der Waals surface area contributed by atoms with Gasteiger partial charge >= 0.3 is 0 Å². The zero-order valence-corrected chi connectivity index (χ0v) is 38.4. The molecular weight excluding hydrogens is 858 g/mol. The van der Waals surface area contributed by atoms with Crippen LogP contribution in [-0.4, -0.2) is 87.2 Å². The maximum atomic E-state index is 12.5. The molecule has 0 aliphatic rings. The van der Waals surface area contributed by atoms with Crippen molar-refractivity contribution in [2.24, 2.45) is 14.1 Å². The van der Waals surface area contributed by atoms with Crippen LogP contribution in [0.5, 0.6) is 23.0 Å². The molecule has 2 aromatic carbocycles. The van der Waals surface area contributed by atoms with Gasteiger partial charge < -0.3 is 28.1 Å². The summed E-state index contributed by atoms with van der Waals surface area (Å²) in [6.45, 7) is 5.33. The highest BCUT2D eigenvalue weighted by atomic mass is 35.7. The zero-order chi connectivity index (χ0) is 45.2. The summed E-state index contributed by atoms with van der Waals surface area (Å²) < 4.78 is 70.7. The Hall–Kier alpha value is -5.49. The number of rotatable bonds is 13. The quantitative estimate of drug-likeness (QED) is 0.107. The third-order valence-corrected chi connectivity index (χ3v) is 13.0. The molecule has 0 aliphatic carbocycles. The number of pyridine rings is 4. The minimum atomic E-state index is -3.37. The van der Waals surface area contributed by atoms with Gasteiger partial charge in [0.15, 0.2) is 0 Å². The third kappa shape index (κ3) is 11.7. The van der Waals surface area contributed by atoms with Crippen molar-refractivity contribution in [3.05, 3.63) is 105 Å². The zero-order valence-electron chi connectivity index (χ0n) is 36.0. The normalized spacial score (nSPS) is 11.2. The van der Waals surface area contributed by atoms with Crippen LogP contribution in [0.25, 0.3) is 43.8 Å². The van der Waals surface area contributed by atoms with Crippen LogP contribution < -0.4 is 30.1 Å². The fourth-order valence-corrected chi connectivity index (χ4v) is 7.32. The Kier molecular flexibility index (Phi) is 18.1. The summed E-state index contributed by atoms with van der Waals surface area (Å²) in [4.78, 5) is 33.0. The summed E-state index contributed by atoms with van der Waals surface area (Å²) in [5.41, 5.74) is 4.97. The Bertz CT molecular complexity index is 2810. The molecule has 0 aliphatic heterocycles. The molecule has 0 amide bonds. The number of halogens is 1. The number of hydrogen-bond acceptors (Lipinski definition) is 12. The third-order valence-electron chi connectivity index (χ3n) is 9.87. The summed E-state index contributed by atoms with van der Waals surface area (Å²) >= 11 is 0. The maximum Gasteiger partial charge on any atom is 0.259 e. The summed E-state index contributed by atoms with van der Waals surface area (Å²) in [5.74, 6) is 2.61. The fourth-order valence-electron chi connectivity index (χ4n) is 6.56. The number of aromatic nitrogens is 4. The van der Waals surface area contributed by atoms with Crippen molar-refractivity contribution >= 4 is 51.3 Å². The summed E-state index contributed by atoms with van der Waals surface area (Å²) in [6, 6.07) is 11.3. The van der Waals surface area contributed by atoms with Gasteiger partial charge in [0.05, 0.1) is 56.3 Å². The minimum Gasteiger partial charge on any atom is -0.496 e. The molecule has 62 heavy (non-hydrogen) atoms. The molecule has 6 rings (SSSR count). The van der Waals surface area contributed by atoms with E-state index in [0.717, 1.165) is 62.9 Å². The minimum absolute atomic E-state index is 0. The molecule has 4 aromatic heterocycles. The Morgan fingerprint density at radius 2 is 1.02 bits per heavy atom. The Labute approximate surface area is 368 Å². The second-order valence-corrected chi connectivity index (χ2v) is 19.1. The van der Waals surface area contributed by atoms with Gasteiger partial charge in [-0.05, 0) is 71.6 Å². The first-order valence-corrected chi connectivity index (χ1v) is 23.2. The van der Waals surface area contributed by atoms with Gasteiger partial charge in [-0.2, -0.15) is 0 Å². The van der Waals surface area contributed by atoms with Crippen LogP contribution in [0.1, 0.15) is 45.7 Å². The molecule has 6 aromatic rings. The predicted molar refractivity (Wildman–Crippen MR) is 248 cm³/mol. The smallest absolute Gasteiger partial charge is 0.259 e. The monoisotopic (exact) mass is 913 g/mol. The first-order chi connectivity index (χ1) is 28.9. The van der Waals surface area contributed by atoms with Crippen LogP contribution in [0.2, 0.25) is 0 Å². The largest absolute Gasteiger partial charge is 0.496 e. The molecule has 15 nitrogen and oxygen atoms in total. The second kappa shape index (κ2) is 22.0. The fraction of sp³-hybridized carbons (Fsp3) is 0.364. The van der Waals surface area contributed by atoms with Gasteiger partial charge in [-0.3, -0.25) is 19.6 Å². The topological polar surface area (TPSA) is 178 Å². The van der Waals surface area contributed by atoms with E-state index in [1.54, 1.807) is 76.9 Å². The number of methoxy groups -OCH3 is 4. The number of ether oxygens (including phenoxy) is 4. The average Bonchev–Trinajstić information content (AvgIpc) is 3.26. The van der Waals surface area contributed by atoms with Crippen LogP contribution in [0.3, 0.4) is 0 Å². The van der Waals surface area contributed by atoms with Gasteiger partial charge in [0, 0.05) is 92.2 Å². The lowest BCUT2D eigenvalue weighted by molar-refractivity contribution is 0.371. The molecule has 336 valence electrons. The molecule has 0 saturated carbocycles. The van der Waals surface area contributed by atoms with Crippen molar-refractivity contribution in [1.82, 2.24) is 23.4 Å². The molecule has 0 bridgehead atoms. The molecule has 0 N–H and O–H groups in total. The van der Waals surface area contributed by atoms with Crippen molar-refractivity contribution in [3.63, 3.8) is 0 Å². The van der Waals surface area contributed by atoms with Gasteiger partial charge in [0.25, 0.3) is 11.1 Å². The first kappa shape index (κ1) is 50.9. The van der Waals surface area contributed by atoms with Crippen molar-refractivity contribution in [2.75, 3.05) is 47.0 Å². The molecule has 18 heteroatoms. The number of sulfonamides is 1. The molecule has 0 spiro atoms. The van der Waals surface area contributed by atoms with Crippen molar-refractivity contribution in [1.29, 1.82) is 0 Å². The molecule has 0 fully saturated rings. The lowest BCUT2D eigenvalue weighted by Gasteiger charge is -2.21. The van der Waals surface area contributed by atoms with E-state index in [4.69, 9.17) is 18.9 Å². The van der Waals surface area contributed by atoms with Gasteiger partial charge in [0.2, 0.25) is 19.1 Å².